The van der Waals surface area contributed by atoms with Crippen molar-refractivity contribution in [1.82, 2.24) is 10.2 Å². The number of amides is 1. The van der Waals surface area contributed by atoms with E-state index < -0.39 is 0 Å². The molecule has 13 heavy (non-hydrogen) atoms. The van der Waals surface area contributed by atoms with Crippen molar-refractivity contribution in [1.29, 1.82) is 0 Å². The van der Waals surface area contributed by atoms with E-state index in [1.54, 1.807) is 0 Å². The first-order valence-electron chi connectivity index (χ1n) is 4.64. The Hall–Kier alpha value is -0.770. The molecule has 4 heteroatoms. The fourth-order valence-electron chi connectivity index (χ4n) is 1.78. The van der Waals surface area contributed by atoms with Crippen LogP contribution in [0.1, 0.15) is 19.3 Å². The van der Waals surface area contributed by atoms with Crippen LogP contribution in [0.15, 0.2) is 0 Å². The second-order valence-corrected chi connectivity index (χ2v) is 3.76. The monoisotopic (exact) mass is 186 g/mol. The van der Waals surface area contributed by atoms with E-state index in [1.165, 1.54) is 7.11 Å². The van der Waals surface area contributed by atoms with E-state index >= 15 is 0 Å². The number of alkyl carbamates (subject to hydrolysis) is 1. The molecule has 76 valence electrons. The lowest BCUT2D eigenvalue weighted by Gasteiger charge is -2.18. The molecule has 0 aromatic carbocycles. The largest absolute Gasteiger partial charge is 0.453 e. The van der Waals surface area contributed by atoms with Crippen molar-refractivity contribution >= 4 is 6.09 Å². The standard InChI is InChI=1S/C9H18N2O2/c1-11(2)8-5-4-7(6-8)10-9(12)13-3/h7-8H,4-6H2,1-3H3,(H,10,12). The first-order chi connectivity index (χ1) is 6.13. The lowest BCUT2D eigenvalue weighted by molar-refractivity contribution is 0.166. The molecule has 1 fully saturated rings. The highest BCUT2D eigenvalue weighted by Crippen LogP contribution is 2.22. The number of nitrogens with zero attached hydrogens (tertiary/aromatic N) is 1. The quantitative estimate of drug-likeness (QED) is 0.694. The highest BCUT2D eigenvalue weighted by Gasteiger charge is 2.26. The minimum atomic E-state index is -0.315. The number of hydrogen-bond acceptors (Lipinski definition) is 3. The Bertz CT molecular complexity index is 182. The maximum Gasteiger partial charge on any atom is 0.407 e. The molecule has 0 radical (unpaired) electrons. The summed E-state index contributed by atoms with van der Waals surface area (Å²) in [5.74, 6) is 0. The van der Waals surface area contributed by atoms with E-state index in [4.69, 9.17) is 0 Å². The third kappa shape index (κ3) is 2.88. The van der Waals surface area contributed by atoms with Crippen molar-refractivity contribution in [2.45, 2.75) is 31.3 Å². The van der Waals surface area contributed by atoms with Crippen LogP contribution in [0.4, 0.5) is 4.79 Å². The van der Waals surface area contributed by atoms with Crippen LogP contribution in [-0.4, -0.2) is 44.3 Å². The fourth-order valence-corrected chi connectivity index (χ4v) is 1.78. The Balaban J connectivity index is 2.29. The summed E-state index contributed by atoms with van der Waals surface area (Å²) in [5, 5.41) is 2.83. The van der Waals surface area contributed by atoms with Crippen LogP contribution in [0.3, 0.4) is 0 Å². The molecule has 1 N–H and O–H groups in total. The molecule has 1 aliphatic rings. The Morgan fingerprint density at radius 3 is 2.62 bits per heavy atom. The molecule has 1 saturated carbocycles. The Morgan fingerprint density at radius 2 is 2.15 bits per heavy atom. The first-order valence-corrected chi connectivity index (χ1v) is 4.64. The van der Waals surface area contributed by atoms with Gasteiger partial charge < -0.3 is 15.0 Å². The van der Waals surface area contributed by atoms with Crippen LogP contribution in [0.25, 0.3) is 0 Å². The van der Waals surface area contributed by atoms with Crippen LogP contribution in [0, 0.1) is 0 Å². The van der Waals surface area contributed by atoms with Gasteiger partial charge in [-0.2, -0.15) is 0 Å². The normalized spacial score (nSPS) is 27.7. The molecule has 0 aliphatic heterocycles. The van der Waals surface area contributed by atoms with Gasteiger partial charge in [0.05, 0.1) is 7.11 Å². The second kappa shape index (κ2) is 4.46. The number of nitrogens with one attached hydrogen (secondary N) is 1. The fraction of sp³-hybridized carbons (Fsp3) is 0.889. The van der Waals surface area contributed by atoms with Crippen LogP contribution in [0.5, 0.6) is 0 Å². The van der Waals surface area contributed by atoms with Gasteiger partial charge in [-0.15, -0.1) is 0 Å². The minimum Gasteiger partial charge on any atom is -0.453 e. The molecule has 1 amide bonds. The zero-order valence-corrected chi connectivity index (χ0v) is 8.54. The summed E-state index contributed by atoms with van der Waals surface area (Å²) in [4.78, 5) is 13.1. The number of carbonyl (C=O) groups is 1. The molecule has 1 aliphatic carbocycles. The average molecular weight is 186 g/mol. The highest BCUT2D eigenvalue weighted by atomic mass is 16.5. The van der Waals surface area contributed by atoms with Crippen molar-refractivity contribution < 1.29 is 9.53 Å². The Kier molecular flexibility index (Phi) is 3.54. The lowest BCUT2D eigenvalue weighted by Crippen LogP contribution is -2.34. The molecule has 2 atom stereocenters. The Morgan fingerprint density at radius 1 is 1.46 bits per heavy atom. The van der Waals surface area contributed by atoms with Gasteiger partial charge in [0.15, 0.2) is 0 Å². The summed E-state index contributed by atoms with van der Waals surface area (Å²) in [6.45, 7) is 0. The first kappa shape index (κ1) is 10.3. The molecule has 4 nitrogen and oxygen atoms in total. The molecular weight excluding hydrogens is 168 g/mol. The maximum absolute atomic E-state index is 10.9. The summed E-state index contributed by atoms with van der Waals surface area (Å²) in [7, 11) is 5.55. The van der Waals surface area contributed by atoms with Crippen LogP contribution in [-0.2, 0) is 4.74 Å². The van der Waals surface area contributed by atoms with E-state index in [9.17, 15) is 4.79 Å². The van der Waals surface area contributed by atoms with E-state index in [0.717, 1.165) is 19.3 Å². The topological polar surface area (TPSA) is 41.6 Å². The van der Waals surface area contributed by atoms with E-state index in [1.807, 2.05) is 0 Å². The van der Waals surface area contributed by atoms with Crippen molar-refractivity contribution in [3.63, 3.8) is 0 Å². The van der Waals surface area contributed by atoms with E-state index in [-0.39, 0.29) is 6.09 Å². The number of rotatable bonds is 2. The molecule has 0 aromatic heterocycles. The van der Waals surface area contributed by atoms with Crippen LogP contribution < -0.4 is 5.32 Å². The SMILES string of the molecule is COC(=O)NC1CCC(N(C)C)C1. The second-order valence-electron chi connectivity index (χ2n) is 3.76. The zero-order valence-electron chi connectivity index (χ0n) is 8.54. The molecule has 0 aromatic rings. The molecule has 0 heterocycles. The van der Waals surface area contributed by atoms with Gasteiger partial charge in [0, 0.05) is 12.1 Å². The number of ether oxygens (including phenoxy) is 1. The van der Waals surface area contributed by atoms with Gasteiger partial charge in [0.2, 0.25) is 0 Å². The van der Waals surface area contributed by atoms with Gasteiger partial charge in [-0.1, -0.05) is 0 Å². The maximum atomic E-state index is 10.9. The molecule has 0 bridgehead atoms. The van der Waals surface area contributed by atoms with Gasteiger partial charge in [0.1, 0.15) is 0 Å². The van der Waals surface area contributed by atoms with Gasteiger partial charge in [-0.25, -0.2) is 4.79 Å². The summed E-state index contributed by atoms with van der Waals surface area (Å²) in [6.07, 6.45) is 2.92. The predicted molar refractivity (Wildman–Crippen MR) is 50.7 cm³/mol. The van der Waals surface area contributed by atoms with Gasteiger partial charge in [-0.3, -0.25) is 0 Å². The third-order valence-electron chi connectivity index (χ3n) is 2.64. The summed E-state index contributed by atoms with van der Waals surface area (Å²) >= 11 is 0. The van der Waals surface area contributed by atoms with Crippen molar-refractivity contribution in [2.75, 3.05) is 21.2 Å². The Labute approximate surface area is 79.2 Å². The van der Waals surface area contributed by atoms with Gasteiger partial charge in [0.25, 0.3) is 0 Å². The van der Waals surface area contributed by atoms with Crippen molar-refractivity contribution in [2.24, 2.45) is 0 Å². The van der Waals surface area contributed by atoms with Gasteiger partial charge >= 0.3 is 6.09 Å². The van der Waals surface area contributed by atoms with E-state index in [0.29, 0.717) is 12.1 Å². The molecule has 2 unspecified atom stereocenters. The predicted octanol–water partition coefficient (Wildman–Crippen LogP) is 0.825. The molecular formula is C9H18N2O2. The van der Waals surface area contributed by atoms with Crippen LogP contribution >= 0.6 is 0 Å². The number of methoxy groups -OCH3 is 1. The lowest BCUT2D eigenvalue weighted by atomic mass is 10.2. The molecule has 1 rings (SSSR count). The summed E-state index contributed by atoms with van der Waals surface area (Å²) in [6, 6.07) is 0.891. The van der Waals surface area contributed by atoms with Crippen molar-refractivity contribution in [3.8, 4) is 0 Å². The van der Waals surface area contributed by atoms with Crippen LogP contribution in [0.2, 0.25) is 0 Å². The highest BCUT2D eigenvalue weighted by molar-refractivity contribution is 5.67. The van der Waals surface area contributed by atoms with Crippen molar-refractivity contribution in [3.05, 3.63) is 0 Å². The van der Waals surface area contributed by atoms with E-state index in [2.05, 4.69) is 29.0 Å². The average Bonchev–Trinajstić information content (AvgIpc) is 2.52. The molecule has 0 spiro atoms. The summed E-state index contributed by atoms with van der Waals surface area (Å²) < 4.78 is 4.54. The third-order valence-corrected chi connectivity index (χ3v) is 2.64. The number of carbonyl (C=O) groups excluding carboxylic acids is 1. The number of hydrogen-bond donors (Lipinski definition) is 1. The van der Waals surface area contributed by atoms with Gasteiger partial charge in [-0.05, 0) is 33.4 Å². The smallest absolute Gasteiger partial charge is 0.407 e. The molecule has 0 saturated heterocycles. The minimum absolute atomic E-state index is 0.292. The summed E-state index contributed by atoms with van der Waals surface area (Å²) in [5.41, 5.74) is 0. The zero-order chi connectivity index (χ0) is 9.84.